The zero-order valence-electron chi connectivity index (χ0n) is 16.3. The van der Waals surface area contributed by atoms with E-state index in [9.17, 15) is 9.18 Å². The van der Waals surface area contributed by atoms with Gasteiger partial charge in [0.1, 0.15) is 5.82 Å². The van der Waals surface area contributed by atoms with Gasteiger partial charge in [-0.05, 0) is 55.7 Å². The van der Waals surface area contributed by atoms with E-state index >= 15 is 0 Å². The Balaban J connectivity index is 1.96. The Morgan fingerprint density at radius 1 is 1.14 bits per heavy atom. The molecule has 1 amide bonds. The lowest BCUT2D eigenvalue weighted by Crippen LogP contribution is -2.38. The average molecular weight is 418 g/mol. The molecule has 2 aromatic carbocycles. The molecule has 0 aliphatic rings. The summed E-state index contributed by atoms with van der Waals surface area (Å²) in [4.78, 5) is 23.0. The largest absolute Gasteiger partial charge is 0.302 e. The standard InChI is InChI=1S/C21H24FN3OS2/c1-4-24(5-2)11-12-25(20(26)15-7-6-8-17(13-15)27-3)21-23-18-10-9-16(22)14-19(18)28-21/h6-10,13-14H,4-5,11-12H2,1-3H3. The van der Waals surface area contributed by atoms with E-state index in [1.165, 1.54) is 23.5 Å². The third kappa shape index (κ3) is 4.71. The van der Waals surface area contributed by atoms with Crippen LogP contribution in [0.5, 0.6) is 0 Å². The van der Waals surface area contributed by atoms with Crippen LogP contribution in [-0.4, -0.2) is 48.2 Å². The number of likely N-dealkylation sites (N-methyl/N-ethyl adjacent to an activating group) is 1. The molecule has 0 aliphatic heterocycles. The first-order valence-corrected chi connectivity index (χ1v) is 11.3. The minimum Gasteiger partial charge on any atom is -0.302 e. The summed E-state index contributed by atoms with van der Waals surface area (Å²) in [6, 6.07) is 12.2. The predicted molar refractivity (Wildman–Crippen MR) is 117 cm³/mol. The number of nitrogens with zero attached hydrogens (tertiary/aromatic N) is 3. The minimum absolute atomic E-state index is 0.0809. The number of carbonyl (C=O) groups excluding carboxylic acids is 1. The number of benzene rings is 2. The number of anilines is 1. The summed E-state index contributed by atoms with van der Waals surface area (Å²) < 4.78 is 14.3. The minimum atomic E-state index is -0.295. The number of rotatable bonds is 8. The molecule has 3 rings (SSSR count). The van der Waals surface area contributed by atoms with Gasteiger partial charge in [-0.15, -0.1) is 11.8 Å². The van der Waals surface area contributed by atoms with Gasteiger partial charge in [-0.2, -0.15) is 0 Å². The normalized spacial score (nSPS) is 11.3. The molecular formula is C21H24FN3OS2. The van der Waals surface area contributed by atoms with E-state index in [4.69, 9.17) is 0 Å². The number of thioether (sulfide) groups is 1. The van der Waals surface area contributed by atoms with Crippen molar-refractivity contribution in [1.29, 1.82) is 0 Å². The molecule has 0 N–H and O–H groups in total. The fraction of sp³-hybridized carbons (Fsp3) is 0.333. The summed E-state index contributed by atoms with van der Waals surface area (Å²) in [5, 5.41) is 0.604. The third-order valence-corrected chi connectivity index (χ3v) is 6.43. The summed E-state index contributed by atoms with van der Waals surface area (Å²) in [5.41, 5.74) is 1.34. The van der Waals surface area contributed by atoms with E-state index in [1.54, 1.807) is 22.7 Å². The van der Waals surface area contributed by atoms with Crippen LogP contribution in [0.3, 0.4) is 0 Å². The molecule has 0 bridgehead atoms. The monoisotopic (exact) mass is 417 g/mol. The molecular weight excluding hydrogens is 393 g/mol. The zero-order valence-corrected chi connectivity index (χ0v) is 17.9. The van der Waals surface area contributed by atoms with Crippen LogP contribution in [0.2, 0.25) is 0 Å². The van der Waals surface area contributed by atoms with Crippen molar-refractivity contribution in [1.82, 2.24) is 9.88 Å². The molecule has 0 atom stereocenters. The van der Waals surface area contributed by atoms with E-state index in [2.05, 4.69) is 23.7 Å². The van der Waals surface area contributed by atoms with Gasteiger partial charge >= 0.3 is 0 Å². The Morgan fingerprint density at radius 2 is 1.93 bits per heavy atom. The van der Waals surface area contributed by atoms with E-state index in [1.807, 2.05) is 30.5 Å². The highest BCUT2D eigenvalue weighted by molar-refractivity contribution is 7.98. The second kappa shape index (κ2) is 9.49. The SMILES string of the molecule is CCN(CC)CCN(C(=O)c1cccc(SC)c1)c1nc2ccc(F)cc2s1. The fourth-order valence-corrected chi connectivity index (χ4v) is 4.45. The van der Waals surface area contributed by atoms with Crippen LogP contribution in [0.1, 0.15) is 24.2 Å². The van der Waals surface area contributed by atoms with Gasteiger partial charge in [-0.25, -0.2) is 9.37 Å². The van der Waals surface area contributed by atoms with E-state index in [0.29, 0.717) is 22.8 Å². The highest BCUT2D eigenvalue weighted by Gasteiger charge is 2.22. The fourth-order valence-electron chi connectivity index (χ4n) is 2.98. The van der Waals surface area contributed by atoms with E-state index in [-0.39, 0.29) is 11.7 Å². The summed E-state index contributed by atoms with van der Waals surface area (Å²) in [6.45, 7) is 7.35. The number of hydrogen-bond acceptors (Lipinski definition) is 5. The maximum Gasteiger partial charge on any atom is 0.260 e. The molecule has 0 saturated carbocycles. The highest BCUT2D eigenvalue weighted by atomic mass is 32.2. The summed E-state index contributed by atoms with van der Waals surface area (Å²) >= 11 is 2.95. The average Bonchev–Trinajstić information content (AvgIpc) is 3.13. The zero-order chi connectivity index (χ0) is 20.1. The number of aromatic nitrogens is 1. The summed E-state index contributed by atoms with van der Waals surface area (Å²) in [7, 11) is 0. The van der Waals surface area contributed by atoms with Crippen LogP contribution in [0.25, 0.3) is 10.2 Å². The third-order valence-electron chi connectivity index (χ3n) is 4.67. The summed E-state index contributed by atoms with van der Waals surface area (Å²) in [5.74, 6) is -0.376. The van der Waals surface area contributed by atoms with Gasteiger partial charge in [0.25, 0.3) is 5.91 Å². The first kappa shape index (κ1) is 20.8. The molecule has 0 aliphatic carbocycles. The van der Waals surface area contributed by atoms with Crippen molar-refractivity contribution >= 4 is 44.4 Å². The quantitative estimate of drug-likeness (QED) is 0.475. The smallest absolute Gasteiger partial charge is 0.260 e. The lowest BCUT2D eigenvalue weighted by atomic mass is 10.2. The number of amides is 1. The number of hydrogen-bond donors (Lipinski definition) is 0. The Labute approximate surface area is 173 Å². The molecule has 0 fully saturated rings. The first-order chi connectivity index (χ1) is 13.5. The van der Waals surface area contributed by atoms with Gasteiger partial charge in [0.05, 0.1) is 10.2 Å². The lowest BCUT2D eigenvalue weighted by molar-refractivity contribution is 0.0983. The second-order valence-corrected chi connectivity index (χ2v) is 8.21. The molecule has 0 radical (unpaired) electrons. The maximum atomic E-state index is 13.6. The maximum absolute atomic E-state index is 13.6. The van der Waals surface area contributed by atoms with Crippen molar-refractivity contribution in [3.8, 4) is 0 Å². The molecule has 7 heteroatoms. The van der Waals surface area contributed by atoms with Gasteiger partial charge in [-0.3, -0.25) is 9.69 Å². The molecule has 148 valence electrons. The van der Waals surface area contributed by atoms with Crippen LogP contribution in [-0.2, 0) is 0 Å². The van der Waals surface area contributed by atoms with Gasteiger partial charge < -0.3 is 4.90 Å². The Hall–Kier alpha value is -1.96. The van der Waals surface area contributed by atoms with Crippen molar-refractivity contribution in [3.63, 3.8) is 0 Å². The van der Waals surface area contributed by atoms with Crippen molar-refractivity contribution in [2.24, 2.45) is 0 Å². The van der Waals surface area contributed by atoms with Crippen molar-refractivity contribution < 1.29 is 9.18 Å². The number of carbonyl (C=O) groups is 1. The van der Waals surface area contributed by atoms with E-state index in [0.717, 1.165) is 29.2 Å². The van der Waals surface area contributed by atoms with Gasteiger partial charge in [0, 0.05) is 23.5 Å². The van der Waals surface area contributed by atoms with Crippen LogP contribution < -0.4 is 4.90 Å². The van der Waals surface area contributed by atoms with Gasteiger partial charge in [-0.1, -0.05) is 31.3 Å². The van der Waals surface area contributed by atoms with Gasteiger partial charge in [0.2, 0.25) is 0 Å². The number of thiazole rings is 1. The van der Waals surface area contributed by atoms with Crippen LogP contribution in [0.4, 0.5) is 9.52 Å². The number of fused-ring (bicyclic) bond motifs is 1. The van der Waals surface area contributed by atoms with Crippen LogP contribution in [0, 0.1) is 5.82 Å². The Morgan fingerprint density at radius 3 is 2.64 bits per heavy atom. The van der Waals surface area contributed by atoms with Crippen LogP contribution in [0.15, 0.2) is 47.4 Å². The van der Waals surface area contributed by atoms with Crippen molar-refractivity contribution in [3.05, 3.63) is 53.8 Å². The molecule has 0 saturated heterocycles. The van der Waals surface area contributed by atoms with Crippen LogP contribution >= 0.6 is 23.1 Å². The molecule has 28 heavy (non-hydrogen) atoms. The highest BCUT2D eigenvalue weighted by Crippen LogP contribution is 2.30. The Kier molecular flexibility index (Phi) is 7.04. The van der Waals surface area contributed by atoms with Crippen molar-refractivity contribution in [2.75, 3.05) is 37.3 Å². The molecule has 3 aromatic rings. The van der Waals surface area contributed by atoms with Crippen molar-refractivity contribution in [2.45, 2.75) is 18.7 Å². The summed E-state index contributed by atoms with van der Waals surface area (Å²) in [6.07, 6.45) is 1.99. The number of halogens is 1. The molecule has 1 aromatic heterocycles. The molecule has 1 heterocycles. The van der Waals surface area contributed by atoms with E-state index < -0.39 is 0 Å². The molecule has 0 spiro atoms. The first-order valence-electron chi connectivity index (χ1n) is 9.30. The predicted octanol–water partition coefficient (Wildman–Crippen LogP) is 5.15. The lowest BCUT2D eigenvalue weighted by Gasteiger charge is -2.24. The topological polar surface area (TPSA) is 36.4 Å². The second-order valence-electron chi connectivity index (χ2n) is 6.32. The Bertz CT molecular complexity index is 956. The van der Waals surface area contributed by atoms with Gasteiger partial charge in [0.15, 0.2) is 5.13 Å². The molecule has 4 nitrogen and oxygen atoms in total. The molecule has 0 unspecified atom stereocenters.